The Morgan fingerprint density at radius 3 is 2.85 bits per heavy atom. The van der Waals surface area contributed by atoms with Crippen molar-refractivity contribution in [3.05, 3.63) is 67.3 Å². The molecule has 0 radical (unpaired) electrons. The van der Waals surface area contributed by atoms with Gasteiger partial charge in [0.15, 0.2) is 5.70 Å². The minimum atomic E-state index is -0.520. The van der Waals surface area contributed by atoms with Crippen molar-refractivity contribution in [2.45, 2.75) is 19.8 Å². The van der Waals surface area contributed by atoms with Crippen LogP contribution in [0.25, 0.3) is 6.08 Å². The number of aliphatic imine (C=N–C) groups is 1. The van der Waals surface area contributed by atoms with Crippen LogP contribution in [0.4, 0.5) is 0 Å². The van der Waals surface area contributed by atoms with E-state index in [0.29, 0.717) is 23.3 Å². The molecule has 2 aromatic rings. The van der Waals surface area contributed by atoms with Crippen LogP contribution in [-0.4, -0.2) is 17.8 Å². The van der Waals surface area contributed by atoms with E-state index in [1.54, 1.807) is 30.3 Å². The number of hydrogen-bond acceptors (Lipinski definition) is 5. The first kappa shape index (κ1) is 19.8. The summed E-state index contributed by atoms with van der Waals surface area (Å²) in [6.45, 7) is 1.91. The Morgan fingerprint density at radius 1 is 1.30 bits per heavy atom. The summed E-state index contributed by atoms with van der Waals surface area (Å²) in [7, 11) is 0. The summed E-state index contributed by atoms with van der Waals surface area (Å²) in [5.41, 5.74) is 1.59. The zero-order valence-corrected chi connectivity index (χ0v) is 18.1. The SMILES string of the molecule is CCCC(=O)Oc1cccc(/C=C2\N=C(c3ccc(I)c(Br)c3)OC2=O)c1. The molecule has 0 unspecified atom stereocenters. The molecule has 0 fully saturated rings. The van der Waals surface area contributed by atoms with Gasteiger partial charge < -0.3 is 9.47 Å². The number of ether oxygens (including phenoxy) is 2. The first-order valence-electron chi connectivity index (χ1n) is 8.25. The van der Waals surface area contributed by atoms with E-state index in [2.05, 4.69) is 43.5 Å². The molecule has 1 aliphatic heterocycles. The molecule has 2 aromatic carbocycles. The highest BCUT2D eigenvalue weighted by molar-refractivity contribution is 14.1. The maximum absolute atomic E-state index is 12.2. The molecule has 0 spiro atoms. The number of carbonyl (C=O) groups is 2. The van der Waals surface area contributed by atoms with E-state index in [0.717, 1.165) is 14.5 Å². The monoisotopic (exact) mass is 539 g/mol. The summed E-state index contributed by atoms with van der Waals surface area (Å²) in [4.78, 5) is 28.1. The van der Waals surface area contributed by atoms with Gasteiger partial charge in [-0.1, -0.05) is 19.1 Å². The van der Waals surface area contributed by atoms with Gasteiger partial charge in [0.2, 0.25) is 5.90 Å². The second-order valence-electron chi connectivity index (χ2n) is 5.76. The molecule has 1 heterocycles. The summed E-state index contributed by atoms with van der Waals surface area (Å²) in [5.74, 6) is -0.117. The second-order valence-corrected chi connectivity index (χ2v) is 7.78. The minimum absolute atomic E-state index is 0.191. The first-order chi connectivity index (χ1) is 13.0. The van der Waals surface area contributed by atoms with Gasteiger partial charge in [0, 0.05) is 20.0 Å². The van der Waals surface area contributed by atoms with E-state index in [1.165, 1.54) is 0 Å². The van der Waals surface area contributed by atoms with Crippen LogP contribution in [0.1, 0.15) is 30.9 Å². The number of rotatable bonds is 5. The maximum atomic E-state index is 12.2. The van der Waals surface area contributed by atoms with Gasteiger partial charge in [-0.05, 0) is 86.9 Å². The topological polar surface area (TPSA) is 65.0 Å². The number of benzene rings is 2. The fraction of sp³-hybridized carbons (Fsp3) is 0.150. The third kappa shape index (κ3) is 5.04. The van der Waals surface area contributed by atoms with Crippen molar-refractivity contribution in [3.8, 4) is 5.75 Å². The van der Waals surface area contributed by atoms with Crippen LogP contribution < -0.4 is 4.74 Å². The van der Waals surface area contributed by atoms with Gasteiger partial charge in [0.1, 0.15) is 5.75 Å². The van der Waals surface area contributed by atoms with E-state index in [1.807, 2.05) is 25.1 Å². The summed E-state index contributed by atoms with van der Waals surface area (Å²) in [6, 6.07) is 12.5. The standard InChI is InChI=1S/C20H15BrINO4/c1-2-4-18(24)26-14-6-3-5-12(9-14)10-17-20(25)27-19(23-17)13-7-8-16(22)15(21)11-13/h3,5-11H,2,4H2,1H3/b17-10-. The molecule has 0 bridgehead atoms. The third-order valence-electron chi connectivity index (χ3n) is 3.63. The molecule has 0 N–H and O–H groups in total. The fourth-order valence-electron chi connectivity index (χ4n) is 2.37. The van der Waals surface area contributed by atoms with Crippen molar-refractivity contribution in [2.24, 2.45) is 4.99 Å². The van der Waals surface area contributed by atoms with Gasteiger partial charge in [-0.2, -0.15) is 0 Å². The Hall–Kier alpha value is -2.00. The molecule has 0 saturated heterocycles. The van der Waals surface area contributed by atoms with E-state index in [4.69, 9.17) is 9.47 Å². The van der Waals surface area contributed by atoms with E-state index in [9.17, 15) is 9.59 Å². The summed E-state index contributed by atoms with van der Waals surface area (Å²) in [6.07, 6.45) is 2.69. The van der Waals surface area contributed by atoms with Gasteiger partial charge in [-0.25, -0.2) is 9.79 Å². The Balaban J connectivity index is 1.84. The average molecular weight is 540 g/mol. The number of carbonyl (C=O) groups excluding carboxylic acids is 2. The molecular weight excluding hydrogens is 525 g/mol. The van der Waals surface area contributed by atoms with Crippen LogP contribution in [0.3, 0.4) is 0 Å². The Kier molecular flexibility index (Phi) is 6.43. The van der Waals surface area contributed by atoms with Crippen molar-refractivity contribution >= 4 is 62.4 Å². The zero-order valence-electron chi connectivity index (χ0n) is 14.4. The van der Waals surface area contributed by atoms with Crippen LogP contribution in [0, 0.1) is 3.57 Å². The lowest BCUT2D eigenvalue weighted by Gasteiger charge is -2.04. The largest absolute Gasteiger partial charge is 0.427 e. The van der Waals surface area contributed by atoms with E-state index in [-0.39, 0.29) is 17.6 Å². The molecule has 0 saturated carbocycles. The number of nitrogens with zero attached hydrogens (tertiary/aromatic N) is 1. The van der Waals surface area contributed by atoms with Crippen molar-refractivity contribution in [1.82, 2.24) is 0 Å². The Morgan fingerprint density at radius 2 is 2.11 bits per heavy atom. The number of hydrogen-bond donors (Lipinski definition) is 0. The van der Waals surface area contributed by atoms with Gasteiger partial charge in [-0.3, -0.25) is 4.79 Å². The molecule has 27 heavy (non-hydrogen) atoms. The van der Waals surface area contributed by atoms with Gasteiger partial charge in [0.05, 0.1) is 0 Å². The molecule has 0 atom stereocenters. The van der Waals surface area contributed by atoms with Crippen LogP contribution in [0.15, 0.2) is 57.6 Å². The van der Waals surface area contributed by atoms with Crippen molar-refractivity contribution in [3.63, 3.8) is 0 Å². The molecule has 0 amide bonds. The highest BCUT2D eigenvalue weighted by Gasteiger charge is 2.24. The van der Waals surface area contributed by atoms with Crippen LogP contribution in [-0.2, 0) is 14.3 Å². The minimum Gasteiger partial charge on any atom is -0.427 e. The number of esters is 2. The van der Waals surface area contributed by atoms with Gasteiger partial charge in [0.25, 0.3) is 0 Å². The molecule has 0 aliphatic carbocycles. The normalized spacial score (nSPS) is 14.9. The first-order valence-corrected chi connectivity index (χ1v) is 10.1. The molecule has 7 heteroatoms. The molecular formula is C20H15BrINO4. The summed E-state index contributed by atoms with van der Waals surface area (Å²) < 4.78 is 12.5. The third-order valence-corrected chi connectivity index (χ3v) is 5.97. The lowest BCUT2D eigenvalue weighted by Crippen LogP contribution is -2.06. The van der Waals surface area contributed by atoms with Crippen LogP contribution >= 0.6 is 38.5 Å². The lowest BCUT2D eigenvalue weighted by molar-refractivity contribution is -0.134. The van der Waals surface area contributed by atoms with Gasteiger partial charge in [-0.15, -0.1) is 0 Å². The molecule has 5 nitrogen and oxygen atoms in total. The van der Waals surface area contributed by atoms with E-state index >= 15 is 0 Å². The highest BCUT2D eigenvalue weighted by atomic mass is 127. The van der Waals surface area contributed by atoms with Crippen LogP contribution in [0.2, 0.25) is 0 Å². The molecule has 138 valence electrons. The predicted molar refractivity (Wildman–Crippen MR) is 114 cm³/mol. The van der Waals surface area contributed by atoms with Crippen molar-refractivity contribution < 1.29 is 19.1 Å². The highest BCUT2D eigenvalue weighted by Crippen LogP contribution is 2.25. The fourth-order valence-corrected chi connectivity index (χ4v) is 3.09. The Bertz CT molecular complexity index is 968. The van der Waals surface area contributed by atoms with Crippen molar-refractivity contribution in [2.75, 3.05) is 0 Å². The smallest absolute Gasteiger partial charge is 0.363 e. The maximum Gasteiger partial charge on any atom is 0.363 e. The van der Waals surface area contributed by atoms with Crippen LogP contribution in [0.5, 0.6) is 5.75 Å². The quantitative estimate of drug-likeness (QED) is 0.229. The van der Waals surface area contributed by atoms with Gasteiger partial charge >= 0.3 is 11.9 Å². The molecule has 3 rings (SSSR count). The Labute approximate surface area is 178 Å². The lowest BCUT2D eigenvalue weighted by atomic mass is 10.2. The number of cyclic esters (lactones) is 1. The van der Waals surface area contributed by atoms with Crippen molar-refractivity contribution in [1.29, 1.82) is 0 Å². The summed E-state index contributed by atoms with van der Waals surface area (Å²) in [5, 5.41) is 0. The average Bonchev–Trinajstić information content (AvgIpc) is 2.98. The zero-order chi connectivity index (χ0) is 19.4. The second kappa shape index (κ2) is 8.79. The number of halogens is 2. The molecule has 0 aromatic heterocycles. The predicted octanol–water partition coefficient (Wildman–Crippen LogP) is 5.10. The summed E-state index contributed by atoms with van der Waals surface area (Å²) >= 11 is 5.66. The van der Waals surface area contributed by atoms with E-state index < -0.39 is 5.97 Å². The molecule has 1 aliphatic rings.